The summed E-state index contributed by atoms with van der Waals surface area (Å²) >= 11 is 5.58. The number of halogens is 2. The van der Waals surface area contributed by atoms with Crippen LogP contribution in [0.5, 0.6) is 0 Å². The second-order valence-corrected chi connectivity index (χ2v) is 3.76. The summed E-state index contributed by atoms with van der Waals surface area (Å²) in [6, 6.07) is 2.72. The van der Waals surface area contributed by atoms with Gasteiger partial charge < -0.3 is 15.8 Å². The van der Waals surface area contributed by atoms with Gasteiger partial charge in [0.05, 0.1) is 23.0 Å². The summed E-state index contributed by atoms with van der Waals surface area (Å²) in [5, 5.41) is 3.06. The molecule has 0 spiro atoms. The summed E-state index contributed by atoms with van der Waals surface area (Å²) in [6.45, 7) is 2.43. The van der Waals surface area contributed by atoms with Gasteiger partial charge in [-0.15, -0.1) is 0 Å². The Morgan fingerprint density at radius 1 is 1.60 bits per heavy atom. The van der Waals surface area contributed by atoms with E-state index in [-0.39, 0.29) is 11.1 Å². The molecule has 0 aliphatic heterocycles. The van der Waals surface area contributed by atoms with Crippen LogP contribution in [0.1, 0.15) is 6.92 Å². The largest absolute Gasteiger partial charge is 0.397 e. The van der Waals surface area contributed by atoms with E-state index >= 15 is 0 Å². The fourth-order valence-electron chi connectivity index (χ4n) is 1.24. The summed E-state index contributed by atoms with van der Waals surface area (Å²) in [5.74, 6) is -0.488. The third-order valence-corrected chi connectivity index (χ3v) is 2.20. The smallest absolute Gasteiger partial charge is 0.143 e. The van der Waals surface area contributed by atoms with E-state index in [1.165, 1.54) is 12.1 Å². The molecule has 0 aliphatic carbocycles. The molecular weight excluding hydrogens is 219 g/mol. The van der Waals surface area contributed by atoms with Crippen molar-refractivity contribution >= 4 is 23.0 Å². The zero-order valence-electron chi connectivity index (χ0n) is 8.68. The van der Waals surface area contributed by atoms with E-state index in [9.17, 15) is 4.39 Å². The number of hydrogen-bond donors (Lipinski definition) is 2. The van der Waals surface area contributed by atoms with E-state index in [1.807, 2.05) is 6.92 Å². The van der Waals surface area contributed by atoms with Crippen LogP contribution in [0.25, 0.3) is 0 Å². The third kappa shape index (κ3) is 3.25. The maximum absolute atomic E-state index is 13.1. The van der Waals surface area contributed by atoms with E-state index in [1.54, 1.807) is 7.11 Å². The molecule has 0 bridgehead atoms. The zero-order chi connectivity index (χ0) is 11.4. The van der Waals surface area contributed by atoms with Crippen molar-refractivity contribution in [2.75, 3.05) is 24.8 Å². The molecule has 1 aromatic carbocycles. The van der Waals surface area contributed by atoms with Crippen molar-refractivity contribution in [2.24, 2.45) is 0 Å². The van der Waals surface area contributed by atoms with Gasteiger partial charge in [0, 0.05) is 19.2 Å². The van der Waals surface area contributed by atoms with Gasteiger partial charge in [0.25, 0.3) is 0 Å². The number of hydrogen-bond acceptors (Lipinski definition) is 3. The van der Waals surface area contributed by atoms with Gasteiger partial charge in [-0.25, -0.2) is 4.39 Å². The van der Waals surface area contributed by atoms with Crippen molar-refractivity contribution in [3.05, 3.63) is 23.0 Å². The summed E-state index contributed by atoms with van der Waals surface area (Å²) in [4.78, 5) is 0. The molecule has 0 saturated carbocycles. The first kappa shape index (κ1) is 12.1. The predicted molar refractivity (Wildman–Crippen MR) is 60.8 cm³/mol. The molecule has 0 radical (unpaired) electrons. The SMILES string of the molecule is COCC(C)Nc1cc(F)c(Cl)cc1N. The highest BCUT2D eigenvalue weighted by molar-refractivity contribution is 6.31. The number of rotatable bonds is 4. The molecule has 1 rings (SSSR count). The molecule has 0 amide bonds. The van der Waals surface area contributed by atoms with Crippen LogP contribution >= 0.6 is 11.6 Å². The molecule has 0 heterocycles. The summed E-state index contributed by atoms with van der Waals surface area (Å²) in [7, 11) is 1.60. The summed E-state index contributed by atoms with van der Waals surface area (Å²) in [6.07, 6.45) is 0. The van der Waals surface area contributed by atoms with Crippen molar-refractivity contribution < 1.29 is 9.13 Å². The van der Waals surface area contributed by atoms with Crippen LogP contribution < -0.4 is 11.1 Å². The van der Waals surface area contributed by atoms with Crippen LogP contribution in [-0.4, -0.2) is 19.8 Å². The average Bonchev–Trinajstić information content (AvgIpc) is 2.14. The third-order valence-electron chi connectivity index (χ3n) is 1.91. The first-order valence-corrected chi connectivity index (χ1v) is 4.92. The first-order valence-electron chi connectivity index (χ1n) is 4.54. The molecule has 0 saturated heterocycles. The zero-order valence-corrected chi connectivity index (χ0v) is 9.44. The van der Waals surface area contributed by atoms with Crippen LogP contribution in [0.2, 0.25) is 5.02 Å². The molecule has 15 heavy (non-hydrogen) atoms. The molecule has 0 fully saturated rings. The summed E-state index contributed by atoms with van der Waals surface area (Å²) < 4.78 is 18.1. The molecule has 5 heteroatoms. The fraction of sp³-hybridized carbons (Fsp3) is 0.400. The van der Waals surface area contributed by atoms with Crippen molar-refractivity contribution in [3.63, 3.8) is 0 Å². The molecule has 3 N–H and O–H groups in total. The van der Waals surface area contributed by atoms with Gasteiger partial charge in [0.1, 0.15) is 5.82 Å². The maximum atomic E-state index is 13.1. The molecule has 84 valence electrons. The Morgan fingerprint density at radius 3 is 2.87 bits per heavy atom. The van der Waals surface area contributed by atoms with Crippen molar-refractivity contribution in [3.8, 4) is 0 Å². The lowest BCUT2D eigenvalue weighted by Gasteiger charge is -2.16. The minimum absolute atomic E-state index is 0.0254. The Morgan fingerprint density at radius 2 is 2.27 bits per heavy atom. The standard InChI is InChI=1S/C10H14ClFN2O/c1-6(5-15-2)14-10-4-8(12)7(11)3-9(10)13/h3-4,6,14H,5,13H2,1-2H3. The Labute approximate surface area is 93.4 Å². The van der Waals surface area contributed by atoms with Gasteiger partial charge in [-0.3, -0.25) is 0 Å². The van der Waals surface area contributed by atoms with Crippen molar-refractivity contribution in [2.45, 2.75) is 13.0 Å². The predicted octanol–water partition coefficient (Wildman–Crippen LogP) is 2.51. The topological polar surface area (TPSA) is 47.3 Å². The molecule has 0 aromatic heterocycles. The monoisotopic (exact) mass is 232 g/mol. The highest BCUT2D eigenvalue weighted by Gasteiger charge is 2.08. The summed E-state index contributed by atoms with van der Waals surface area (Å²) in [5.41, 5.74) is 6.63. The molecule has 1 aromatic rings. The number of anilines is 2. The highest BCUT2D eigenvalue weighted by Crippen LogP contribution is 2.26. The van der Waals surface area contributed by atoms with Gasteiger partial charge in [-0.1, -0.05) is 11.6 Å². The Balaban J connectivity index is 2.81. The number of methoxy groups -OCH3 is 1. The average molecular weight is 233 g/mol. The fourth-order valence-corrected chi connectivity index (χ4v) is 1.42. The number of nitrogens with one attached hydrogen (secondary N) is 1. The lowest BCUT2D eigenvalue weighted by atomic mass is 10.2. The van der Waals surface area contributed by atoms with Crippen LogP contribution in [0.3, 0.4) is 0 Å². The Kier molecular flexibility index (Phi) is 4.17. The quantitative estimate of drug-likeness (QED) is 0.785. The van der Waals surface area contributed by atoms with Gasteiger partial charge in [0.15, 0.2) is 0 Å². The van der Waals surface area contributed by atoms with Crippen LogP contribution in [0, 0.1) is 5.82 Å². The van der Waals surface area contributed by atoms with Gasteiger partial charge in [-0.05, 0) is 13.0 Å². The lowest BCUT2D eigenvalue weighted by Crippen LogP contribution is -2.21. The Hall–Kier alpha value is -1.00. The first-order chi connectivity index (χ1) is 7.04. The van der Waals surface area contributed by atoms with Crippen LogP contribution in [-0.2, 0) is 4.74 Å². The number of benzene rings is 1. The molecule has 0 aliphatic rings. The second-order valence-electron chi connectivity index (χ2n) is 3.35. The molecule has 3 nitrogen and oxygen atoms in total. The number of nitrogen functional groups attached to an aromatic ring is 1. The second kappa shape index (κ2) is 5.19. The normalized spacial score (nSPS) is 12.5. The van der Waals surface area contributed by atoms with E-state index in [4.69, 9.17) is 22.1 Å². The van der Waals surface area contributed by atoms with Gasteiger partial charge in [-0.2, -0.15) is 0 Å². The van der Waals surface area contributed by atoms with Crippen molar-refractivity contribution in [1.29, 1.82) is 0 Å². The molecule has 1 atom stereocenters. The molecular formula is C10H14ClFN2O. The molecule has 1 unspecified atom stereocenters. The van der Waals surface area contributed by atoms with E-state index < -0.39 is 5.82 Å². The van der Waals surface area contributed by atoms with Gasteiger partial charge in [0.2, 0.25) is 0 Å². The van der Waals surface area contributed by atoms with Crippen LogP contribution in [0.4, 0.5) is 15.8 Å². The maximum Gasteiger partial charge on any atom is 0.143 e. The highest BCUT2D eigenvalue weighted by atomic mass is 35.5. The minimum atomic E-state index is -0.488. The van der Waals surface area contributed by atoms with Crippen molar-refractivity contribution in [1.82, 2.24) is 0 Å². The Bertz CT molecular complexity index is 346. The van der Waals surface area contributed by atoms with E-state index in [0.717, 1.165) is 0 Å². The van der Waals surface area contributed by atoms with E-state index in [2.05, 4.69) is 5.32 Å². The van der Waals surface area contributed by atoms with Crippen LogP contribution in [0.15, 0.2) is 12.1 Å². The lowest BCUT2D eigenvalue weighted by molar-refractivity contribution is 0.190. The van der Waals surface area contributed by atoms with E-state index in [0.29, 0.717) is 18.0 Å². The minimum Gasteiger partial charge on any atom is -0.397 e. The number of nitrogens with two attached hydrogens (primary N) is 1. The van der Waals surface area contributed by atoms with Gasteiger partial charge >= 0.3 is 0 Å². The number of ether oxygens (including phenoxy) is 1.